The van der Waals surface area contributed by atoms with Gasteiger partial charge >= 0.3 is 0 Å². The van der Waals surface area contributed by atoms with E-state index >= 15 is 0 Å². The normalized spacial score (nSPS) is 12.6. The molecule has 0 amide bonds. The summed E-state index contributed by atoms with van der Waals surface area (Å²) < 4.78 is 2.52. The van der Waals surface area contributed by atoms with Crippen molar-refractivity contribution in [3.05, 3.63) is 53.7 Å². The molecule has 0 aliphatic carbocycles. The lowest BCUT2D eigenvalue weighted by Crippen LogP contribution is -2.22. The van der Waals surface area contributed by atoms with E-state index in [0.29, 0.717) is 6.04 Å². The molecule has 1 heterocycles. The van der Waals surface area contributed by atoms with Crippen LogP contribution >= 0.6 is 49.9 Å². The lowest BCUT2D eigenvalue weighted by atomic mass is 10.0. The molecule has 0 saturated heterocycles. The molecule has 1 aromatic carbocycles. The molecule has 2 rings (SSSR count). The molecule has 19 heavy (non-hydrogen) atoms. The van der Waals surface area contributed by atoms with Crippen molar-refractivity contribution in [2.24, 2.45) is 0 Å². The summed E-state index contributed by atoms with van der Waals surface area (Å²) in [5.41, 5.74) is 2.66. The molecule has 1 aromatic heterocycles. The van der Waals surface area contributed by atoms with Gasteiger partial charge in [0.25, 0.3) is 0 Å². The van der Waals surface area contributed by atoms with Crippen molar-refractivity contribution in [2.75, 3.05) is 6.54 Å². The minimum atomic E-state index is 0.296. The maximum atomic E-state index is 3.66. The van der Waals surface area contributed by atoms with Gasteiger partial charge in [-0.1, -0.05) is 19.1 Å². The summed E-state index contributed by atoms with van der Waals surface area (Å²) in [6.07, 6.45) is 1.14. The van der Waals surface area contributed by atoms with Crippen LogP contribution in [0.3, 0.4) is 0 Å². The zero-order chi connectivity index (χ0) is 13.8. The molecule has 1 atom stereocenters. The SMILES string of the molecule is CCCNC(c1cccc(I)c1)c1cc(C)c(Br)s1. The van der Waals surface area contributed by atoms with Crippen molar-refractivity contribution in [1.29, 1.82) is 0 Å². The molecule has 1 N–H and O–H groups in total. The summed E-state index contributed by atoms with van der Waals surface area (Å²) in [5.74, 6) is 0. The third-order valence-corrected chi connectivity index (χ3v) is 5.81. The Morgan fingerprint density at radius 3 is 2.74 bits per heavy atom. The van der Waals surface area contributed by atoms with Gasteiger partial charge in [-0.15, -0.1) is 11.3 Å². The highest BCUT2D eigenvalue weighted by molar-refractivity contribution is 14.1. The fraction of sp³-hybridized carbons (Fsp3) is 0.333. The Hall–Kier alpha value is 0.0900. The minimum absolute atomic E-state index is 0.296. The van der Waals surface area contributed by atoms with Gasteiger partial charge in [-0.25, -0.2) is 0 Å². The number of thiophene rings is 1. The van der Waals surface area contributed by atoms with Crippen molar-refractivity contribution < 1.29 is 0 Å². The molecule has 0 radical (unpaired) electrons. The first-order valence-electron chi connectivity index (χ1n) is 6.36. The Bertz CT molecular complexity index is 533. The number of benzene rings is 1. The maximum Gasteiger partial charge on any atom is 0.0731 e. The summed E-state index contributed by atoms with van der Waals surface area (Å²) in [7, 11) is 0. The second-order valence-electron chi connectivity index (χ2n) is 4.55. The predicted molar refractivity (Wildman–Crippen MR) is 96.1 cm³/mol. The van der Waals surface area contributed by atoms with Crippen LogP contribution in [0.5, 0.6) is 0 Å². The van der Waals surface area contributed by atoms with Crippen molar-refractivity contribution in [2.45, 2.75) is 26.3 Å². The molecule has 1 unspecified atom stereocenters. The van der Waals surface area contributed by atoms with E-state index in [2.05, 4.69) is 88.0 Å². The first kappa shape index (κ1) is 15.5. The Labute approximate surface area is 141 Å². The van der Waals surface area contributed by atoms with Gasteiger partial charge in [-0.3, -0.25) is 0 Å². The van der Waals surface area contributed by atoms with Gasteiger partial charge in [0.15, 0.2) is 0 Å². The van der Waals surface area contributed by atoms with Gasteiger partial charge in [-0.05, 0) is 87.7 Å². The van der Waals surface area contributed by atoms with Crippen LogP contribution in [0.2, 0.25) is 0 Å². The molecular weight excluding hydrogens is 433 g/mol. The van der Waals surface area contributed by atoms with Gasteiger partial charge in [0.05, 0.1) is 9.83 Å². The Morgan fingerprint density at radius 1 is 1.37 bits per heavy atom. The zero-order valence-corrected chi connectivity index (χ0v) is 15.6. The topological polar surface area (TPSA) is 12.0 Å². The highest BCUT2D eigenvalue weighted by atomic mass is 127. The average Bonchev–Trinajstić information content (AvgIpc) is 2.70. The summed E-state index contributed by atoms with van der Waals surface area (Å²) in [6, 6.07) is 11.3. The summed E-state index contributed by atoms with van der Waals surface area (Å²) in [4.78, 5) is 1.37. The number of aryl methyl sites for hydroxylation is 1. The van der Waals surface area contributed by atoms with Gasteiger partial charge < -0.3 is 5.32 Å². The molecule has 0 saturated carbocycles. The molecule has 1 nitrogen and oxygen atoms in total. The molecule has 0 bridgehead atoms. The van der Waals surface area contributed by atoms with Crippen LogP contribution in [-0.2, 0) is 0 Å². The lowest BCUT2D eigenvalue weighted by molar-refractivity contribution is 0.605. The summed E-state index contributed by atoms with van der Waals surface area (Å²) >= 11 is 7.83. The molecule has 102 valence electrons. The van der Waals surface area contributed by atoms with Gasteiger partial charge in [0.1, 0.15) is 0 Å². The lowest BCUT2D eigenvalue weighted by Gasteiger charge is -2.18. The van der Waals surface area contributed by atoms with E-state index in [1.165, 1.54) is 23.4 Å². The van der Waals surface area contributed by atoms with Gasteiger partial charge in [0.2, 0.25) is 0 Å². The zero-order valence-electron chi connectivity index (χ0n) is 11.0. The fourth-order valence-electron chi connectivity index (χ4n) is 1.98. The van der Waals surface area contributed by atoms with Crippen molar-refractivity contribution >= 4 is 49.9 Å². The minimum Gasteiger partial charge on any atom is -0.306 e. The smallest absolute Gasteiger partial charge is 0.0731 e. The van der Waals surface area contributed by atoms with Crippen LogP contribution in [0, 0.1) is 10.5 Å². The van der Waals surface area contributed by atoms with Crippen molar-refractivity contribution in [3.63, 3.8) is 0 Å². The number of nitrogens with one attached hydrogen (secondary N) is 1. The number of hydrogen-bond donors (Lipinski definition) is 1. The van der Waals surface area contributed by atoms with E-state index in [0.717, 1.165) is 13.0 Å². The van der Waals surface area contributed by atoms with Crippen molar-refractivity contribution in [3.8, 4) is 0 Å². The van der Waals surface area contributed by atoms with E-state index in [1.807, 2.05) is 11.3 Å². The second-order valence-corrected chi connectivity index (χ2v) is 8.19. The van der Waals surface area contributed by atoms with E-state index < -0.39 is 0 Å². The molecule has 0 aliphatic rings. The third kappa shape index (κ3) is 4.03. The molecule has 0 fully saturated rings. The van der Waals surface area contributed by atoms with Gasteiger partial charge in [0, 0.05) is 8.45 Å². The fourth-order valence-corrected chi connectivity index (χ4v) is 4.23. The van der Waals surface area contributed by atoms with Crippen LogP contribution in [0.25, 0.3) is 0 Å². The second kappa shape index (κ2) is 7.20. The standard InChI is InChI=1S/C15H17BrINS/c1-3-7-18-14(11-5-4-6-12(17)9-11)13-8-10(2)15(16)19-13/h4-6,8-9,14,18H,3,7H2,1-2H3. The third-order valence-electron chi connectivity index (χ3n) is 2.94. The molecule has 2 aromatic rings. The maximum absolute atomic E-state index is 3.66. The van der Waals surface area contributed by atoms with Crippen LogP contribution in [-0.4, -0.2) is 6.54 Å². The first-order chi connectivity index (χ1) is 9.11. The highest BCUT2D eigenvalue weighted by Gasteiger charge is 2.16. The van der Waals surface area contributed by atoms with Crippen molar-refractivity contribution in [1.82, 2.24) is 5.32 Å². The summed E-state index contributed by atoms with van der Waals surface area (Å²) in [6.45, 7) is 5.38. The molecule has 0 spiro atoms. The van der Waals surface area contributed by atoms with E-state index in [-0.39, 0.29) is 0 Å². The quantitative estimate of drug-likeness (QED) is 0.593. The number of hydrogen-bond acceptors (Lipinski definition) is 2. The number of rotatable bonds is 5. The van der Waals surface area contributed by atoms with E-state index in [9.17, 15) is 0 Å². The molecule has 0 aliphatic heterocycles. The Balaban J connectivity index is 2.35. The van der Waals surface area contributed by atoms with Crippen LogP contribution < -0.4 is 5.32 Å². The van der Waals surface area contributed by atoms with Crippen LogP contribution in [0.1, 0.15) is 35.4 Å². The van der Waals surface area contributed by atoms with E-state index in [4.69, 9.17) is 0 Å². The largest absolute Gasteiger partial charge is 0.306 e. The van der Waals surface area contributed by atoms with Crippen LogP contribution in [0.15, 0.2) is 34.1 Å². The Morgan fingerprint density at radius 2 is 2.16 bits per heavy atom. The predicted octanol–water partition coefficient (Wildman–Crippen LogP) is 5.51. The molecule has 4 heteroatoms. The van der Waals surface area contributed by atoms with Gasteiger partial charge in [-0.2, -0.15) is 0 Å². The van der Waals surface area contributed by atoms with E-state index in [1.54, 1.807) is 0 Å². The molecular formula is C15H17BrINS. The summed E-state index contributed by atoms with van der Waals surface area (Å²) in [5, 5.41) is 3.66. The number of halogens is 2. The highest BCUT2D eigenvalue weighted by Crippen LogP contribution is 2.34. The monoisotopic (exact) mass is 449 g/mol. The average molecular weight is 450 g/mol. The van der Waals surface area contributed by atoms with Crippen LogP contribution in [0.4, 0.5) is 0 Å². The Kier molecular flexibility index (Phi) is 5.87. The first-order valence-corrected chi connectivity index (χ1v) is 9.05.